The van der Waals surface area contributed by atoms with E-state index in [4.69, 9.17) is 19.2 Å². The number of para-hydroxylation sites is 1. The van der Waals surface area contributed by atoms with Gasteiger partial charge < -0.3 is 14.2 Å². The van der Waals surface area contributed by atoms with Gasteiger partial charge in [-0.25, -0.2) is 9.79 Å². The van der Waals surface area contributed by atoms with Crippen molar-refractivity contribution in [1.29, 1.82) is 0 Å². The molecule has 43 heavy (non-hydrogen) atoms. The molecule has 0 radical (unpaired) electrons. The summed E-state index contributed by atoms with van der Waals surface area (Å²) in [6.45, 7) is 7.94. The zero-order valence-electron chi connectivity index (χ0n) is 24.1. The maximum absolute atomic E-state index is 14.2. The van der Waals surface area contributed by atoms with Crippen LogP contribution < -0.4 is 24.4 Å². The summed E-state index contributed by atoms with van der Waals surface area (Å²) in [5, 5.41) is 0. The maximum atomic E-state index is 14.2. The van der Waals surface area contributed by atoms with Crippen molar-refractivity contribution in [2.45, 2.75) is 46.4 Å². The van der Waals surface area contributed by atoms with Crippen molar-refractivity contribution in [3.8, 4) is 11.5 Å². The van der Waals surface area contributed by atoms with Crippen molar-refractivity contribution in [1.82, 2.24) is 4.57 Å². The molecule has 1 aliphatic rings. The van der Waals surface area contributed by atoms with Crippen molar-refractivity contribution in [3.63, 3.8) is 0 Å². The minimum absolute atomic E-state index is 0.114. The van der Waals surface area contributed by atoms with E-state index in [1.165, 1.54) is 11.3 Å². The number of halogens is 2. The summed E-state index contributed by atoms with van der Waals surface area (Å²) in [4.78, 5) is 32.7. The number of hydrogen-bond acceptors (Lipinski definition) is 7. The highest BCUT2D eigenvalue weighted by Crippen LogP contribution is 2.37. The highest BCUT2D eigenvalue weighted by Gasteiger charge is 2.35. The quantitative estimate of drug-likeness (QED) is 0.180. The number of benzene rings is 3. The van der Waals surface area contributed by atoms with Crippen LogP contribution in [0.4, 0.5) is 0 Å². The van der Waals surface area contributed by atoms with Crippen LogP contribution in [0.2, 0.25) is 0 Å². The minimum atomic E-state index is -0.782. The number of ether oxygens (including phenoxy) is 3. The normalized spacial score (nSPS) is 14.9. The van der Waals surface area contributed by atoms with E-state index in [0.717, 1.165) is 14.5 Å². The second-order valence-electron chi connectivity index (χ2n) is 10.1. The number of hydrogen-bond donors (Lipinski definition) is 0. The Kier molecular flexibility index (Phi) is 9.68. The third kappa shape index (κ3) is 6.71. The van der Waals surface area contributed by atoms with Crippen molar-refractivity contribution >= 4 is 55.2 Å². The van der Waals surface area contributed by atoms with E-state index in [0.29, 0.717) is 49.8 Å². The first-order chi connectivity index (χ1) is 20.7. The average Bonchev–Trinajstić information content (AvgIpc) is 3.26. The van der Waals surface area contributed by atoms with Gasteiger partial charge in [-0.1, -0.05) is 75.8 Å². The Morgan fingerprint density at radius 2 is 1.81 bits per heavy atom. The standard InChI is InChI=1S/C33H30Br2N2O5S/c1-5-40-32(39)28-20(4)36-33-37(29(28)24-13-9-10-14-26(24)42-19(2)3)31(38)27(43-33)16-22-15-23(34)17-25(35)30(22)41-18-21-11-7-6-8-12-21/h6-17,19,29H,5,18H2,1-4H3/b27-16-/t29-/m1/s1. The van der Waals surface area contributed by atoms with E-state index in [2.05, 4.69) is 31.9 Å². The summed E-state index contributed by atoms with van der Waals surface area (Å²) in [6.07, 6.45) is 1.69. The summed E-state index contributed by atoms with van der Waals surface area (Å²) >= 11 is 8.45. The number of thiazole rings is 1. The Hall–Kier alpha value is -3.47. The molecule has 222 valence electrons. The van der Waals surface area contributed by atoms with Crippen LogP contribution in [0.1, 0.15) is 50.4 Å². The fourth-order valence-electron chi connectivity index (χ4n) is 4.86. The first-order valence-corrected chi connectivity index (χ1v) is 16.2. The molecule has 0 amide bonds. The van der Waals surface area contributed by atoms with Crippen molar-refractivity contribution < 1.29 is 19.0 Å². The summed E-state index contributed by atoms with van der Waals surface area (Å²) < 4.78 is 21.4. The third-order valence-electron chi connectivity index (χ3n) is 6.64. The molecule has 0 unspecified atom stereocenters. The fourth-order valence-corrected chi connectivity index (χ4v) is 7.27. The molecule has 7 nitrogen and oxygen atoms in total. The number of esters is 1. The van der Waals surface area contributed by atoms with Crippen LogP contribution in [0.3, 0.4) is 0 Å². The molecule has 1 aliphatic heterocycles. The Morgan fingerprint density at radius 3 is 2.53 bits per heavy atom. The van der Waals surface area contributed by atoms with E-state index in [1.54, 1.807) is 24.5 Å². The molecule has 0 bridgehead atoms. The molecule has 0 aliphatic carbocycles. The van der Waals surface area contributed by atoms with E-state index < -0.39 is 12.0 Å². The van der Waals surface area contributed by atoms with E-state index in [9.17, 15) is 9.59 Å². The van der Waals surface area contributed by atoms with Gasteiger partial charge in [0.05, 0.1) is 33.0 Å². The first kappa shape index (κ1) is 31.0. The monoisotopic (exact) mass is 724 g/mol. The molecule has 0 saturated carbocycles. The number of nitrogens with zero attached hydrogens (tertiary/aromatic N) is 2. The van der Waals surface area contributed by atoms with E-state index in [1.807, 2.05) is 80.6 Å². The molecule has 0 N–H and O–H groups in total. The third-order valence-corrected chi connectivity index (χ3v) is 8.67. The summed E-state index contributed by atoms with van der Waals surface area (Å²) in [7, 11) is 0. The first-order valence-electron chi connectivity index (χ1n) is 13.8. The predicted molar refractivity (Wildman–Crippen MR) is 175 cm³/mol. The van der Waals surface area contributed by atoms with Gasteiger partial charge in [-0.2, -0.15) is 0 Å². The summed E-state index contributed by atoms with van der Waals surface area (Å²) in [5.74, 6) is 0.671. The van der Waals surface area contributed by atoms with Gasteiger partial charge in [0.2, 0.25) is 0 Å². The van der Waals surface area contributed by atoms with Crippen molar-refractivity contribution in [2.75, 3.05) is 6.61 Å². The Labute approximate surface area is 270 Å². The van der Waals surface area contributed by atoms with Gasteiger partial charge in [0.25, 0.3) is 5.56 Å². The molecule has 10 heteroatoms. The smallest absolute Gasteiger partial charge is 0.338 e. The molecule has 5 rings (SSSR count). The highest BCUT2D eigenvalue weighted by atomic mass is 79.9. The molecule has 0 spiro atoms. The second kappa shape index (κ2) is 13.4. The van der Waals surface area contributed by atoms with Crippen LogP contribution in [0.5, 0.6) is 11.5 Å². The van der Waals surface area contributed by atoms with Crippen LogP contribution in [0.25, 0.3) is 6.08 Å². The largest absolute Gasteiger partial charge is 0.491 e. The van der Waals surface area contributed by atoms with Gasteiger partial charge in [0.1, 0.15) is 24.1 Å². The van der Waals surface area contributed by atoms with Crippen LogP contribution in [0, 0.1) is 0 Å². The SMILES string of the molecule is CCOC(=O)C1=C(C)N=c2s/c(=C\c3cc(Br)cc(Br)c3OCc3ccccc3)c(=O)n2[C@@H]1c1ccccc1OC(C)C. The summed E-state index contributed by atoms with van der Waals surface area (Å²) in [5.41, 5.74) is 2.92. The second-order valence-corrected chi connectivity index (χ2v) is 12.9. The molecule has 0 saturated heterocycles. The van der Waals surface area contributed by atoms with Gasteiger partial charge in [-0.05, 0) is 73.5 Å². The Balaban J connectivity index is 1.69. The summed E-state index contributed by atoms with van der Waals surface area (Å²) in [6, 6.07) is 20.4. The van der Waals surface area contributed by atoms with Gasteiger partial charge >= 0.3 is 5.97 Å². The van der Waals surface area contributed by atoms with Gasteiger partial charge in [-0.3, -0.25) is 9.36 Å². The lowest BCUT2D eigenvalue weighted by Gasteiger charge is -2.26. The molecular formula is C33H30Br2N2O5S. The van der Waals surface area contributed by atoms with E-state index in [-0.39, 0.29) is 18.3 Å². The zero-order valence-corrected chi connectivity index (χ0v) is 28.1. The maximum Gasteiger partial charge on any atom is 0.338 e. The number of carbonyl (C=O) groups excluding carboxylic acids is 1. The Bertz CT molecular complexity index is 1880. The molecule has 1 aromatic heterocycles. The van der Waals surface area contributed by atoms with Crippen LogP contribution in [0.15, 0.2) is 96.7 Å². The van der Waals surface area contributed by atoms with Gasteiger partial charge in [-0.15, -0.1) is 0 Å². The van der Waals surface area contributed by atoms with Gasteiger partial charge in [0.15, 0.2) is 4.80 Å². The Morgan fingerprint density at radius 1 is 1.09 bits per heavy atom. The van der Waals surface area contributed by atoms with Crippen molar-refractivity contribution in [3.05, 3.63) is 123 Å². The van der Waals surface area contributed by atoms with Crippen LogP contribution >= 0.6 is 43.2 Å². The lowest BCUT2D eigenvalue weighted by atomic mass is 9.95. The molecule has 0 fully saturated rings. The molecule has 2 heterocycles. The average molecular weight is 726 g/mol. The predicted octanol–water partition coefficient (Wildman–Crippen LogP) is 6.69. The number of fused-ring (bicyclic) bond motifs is 1. The topological polar surface area (TPSA) is 79.1 Å². The molecular weight excluding hydrogens is 696 g/mol. The van der Waals surface area contributed by atoms with Crippen LogP contribution in [-0.2, 0) is 16.1 Å². The van der Waals surface area contributed by atoms with E-state index >= 15 is 0 Å². The highest BCUT2D eigenvalue weighted by molar-refractivity contribution is 9.11. The minimum Gasteiger partial charge on any atom is -0.491 e. The lowest BCUT2D eigenvalue weighted by molar-refractivity contribution is -0.139. The molecule has 3 aromatic carbocycles. The van der Waals surface area contributed by atoms with Gasteiger partial charge in [0, 0.05) is 15.6 Å². The number of allylic oxidation sites excluding steroid dienone is 1. The lowest BCUT2D eigenvalue weighted by Crippen LogP contribution is -2.40. The van der Waals surface area contributed by atoms with Crippen molar-refractivity contribution in [2.24, 2.45) is 4.99 Å². The fraction of sp³-hybridized carbons (Fsp3) is 0.242. The number of aromatic nitrogens is 1. The zero-order chi connectivity index (χ0) is 30.7. The van der Waals surface area contributed by atoms with Crippen LogP contribution in [-0.4, -0.2) is 23.2 Å². The number of rotatable bonds is 9. The molecule has 4 aromatic rings. The molecule has 1 atom stereocenters. The number of carbonyl (C=O) groups is 1.